The second-order valence-electron chi connectivity index (χ2n) is 7.34. The van der Waals surface area contributed by atoms with Crippen LogP contribution in [0.5, 0.6) is 0 Å². The van der Waals surface area contributed by atoms with Crippen LogP contribution in [0.1, 0.15) is 16.1 Å². The molecule has 0 saturated heterocycles. The Morgan fingerprint density at radius 3 is 2.74 bits per heavy atom. The molecule has 0 aliphatic rings. The molecule has 4 aromatic rings. The molecule has 0 aliphatic carbocycles. The average molecular weight is 546 g/mol. The molecule has 13 heteroatoms. The minimum atomic E-state index is -4.54. The molecule has 181 valence electrons. The van der Waals surface area contributed by atoms with Gasteiger partial charge in [0.1, 0.15) is 0 Å². The monoisotopic (exact) mass is 546 g/mol. The van der Waals surface area contributed by atoms with Crippen LogP contribution in [0.3, 0.4) is 0 Å². The van der Waals surface area contributed by atoms with Crippen molar-refractivity contribution in [3.63, 3.8) is 0 Å². The van der Waals surface area contributed by atoms with E-state index in [1.165, 1.54) is 13.2 Å². The average Bonchev–Trinajstić information content (AvgIpc) is 3.47. The fraction of sp³-hybridized carbons (Fsp3) is 0.227. The molecule has 0 atom stereocenters. The quantitative estimate of drug-likeness (QED) is 0.194. The van der Waals surface area contributed by atoms with Crippen molar-refractivity contribution in [2.45, 2.75) is 6.18 Å². The second-order valence-corrected chi connectivity index (χ2v) is 9.61. The normalized spacial score (nSPS) is 11.9. The van der Waals surface area contributed by atoms with E-state index in [1.807, 2.05) is 0 Å². The van der Waals surface area contributed by atoms with Crippen LogP contribution in [0.15, 0.2) is 49.2 Å². The predicted octanol–water partition coefficient (Wildman–Crippen LogP) is 1.61. The van der Waals surface area contributed by atoms with Gasteiger partial charge >= 0.3 is 205 Å². The van der Waals surface area contributed by atoms with E-state index in [0.29, 0.717) is 26.8 Å². The number of ether oxygens (including phenoxy) is 1. The number of rotatable bonds is 9. The molecule has 0 aromatic carbocycles. The number of hydrogen-bond donors (Lipinski definition) is 1. The van der Waals surface area contributed by atoms with E-state index in [-0.39, 0.29) is 24.5 Å². The van der Waals surface area contributed by atoms with Crippen LogP contribution in [-0.4, -0.2) is 71.6 Å². The number of aromatic nitrogens is 6. The Labute approximate surface area is 205 Å². The fourth-order valence-corrected chi connectivity index (χ4v) is 5.24. The van der Waals surface area contributed by atoms with Gasteiger partial charge in [-0.15, -0.1) is 0 Å². The molecule has 0 fully saturated rings. The standard InChI is InChI=1S/C22H20AsF3N7O2/c1-32-12-14(10-30-32)15-3-4-20(31-18(15)13-34)33-7-5-28-21(33)23-19-9-17(27-6-8-35-2)16(11-29-19)22(24,25)26/h3-5,7,9-13H,6,8H2,1-2H3,(H,27,29). The molecule has 4 heterocycles. The van der Waals surface area contributed by atoms with E-state index in [1.54, 1.807) is 53.2 Å². The Morgan fingerprint density at radius 1 is 1.23 bits per heavy atom. The topological polar surface area (TPSA) is 99.8 Å². The summed E-state index contributed by atoms with van der Waals surface area (Å²) in [5.41, 5.74) is 0.736. The van der Waals surface area contributed by atoms with E-state index in [9.17, 15) is 18.0 Å². The van der Waals surface area contributed by atoms with E-state index >= 15 is 0 Å². The summed E-state index contributed by atoms with van der Waals surface area (Å²) in [5.74, 6) is 0.466. The van der Waals surface area contributed by atoms with Crippen LogP contribution in [0.4, 0.5) is 18.9 Å². The number of pyridine rings is 2. The summed E-state index contributed by atoms with van der Waals surface area (Å²) < 4.78 is 49.6. The molecule has 1 N–H and O–H groups in total. The van der Waals surface area contributed by atoms with Crippen LogP contribution in [0, 0.1) is 0 Å². The number of methoxy groups -OCH3 is 1. The first-order valence-corrected chi connectivity index (χ1v) is 12.2. The van der Waals surface area contributed by atoms with Crippen LogP contribution < -0.4 is 14.4 Å². The number of halogens is 3. The van der Waals surface area contributed by atoms with Crippen LogP contribution in [0.25, 0.3) is 16.9 Å². The van der Waals surface area contributed by atoms with E-state index in [2.05, 4.69) is 25.4 Å². The fourth-order valence-electron chi connectivity index (χ4n) is 3.32. The summed E-state index contributed by atoms with van der Waals surface area (Å²) in [4.78, 5) is 24.6. The summed E-state index contributed by atoms with van der Waals surface area (Å²) in [6.07, 6.45) is 3.65. The number of carbonyl (C=O) groups is 1. The van der Waals surface area contributed by atoms with Gasteiger partial charge in [0, 0.05) is 0 Å². The molecular formula is C22H20AsF3N7O2. The minimum absolute atomic E-state index is 0.0600. The molecule has 0 bridgehead atoms. The second kappa shape index (κ2) is 10.4. The van der Waals surface area contributed by atoms with Gasteiger partial charge in [-0.2, -0.15) is 0 Å². The number of carbonyl (C=O) groups excluding carboxylic acids is 1. The Bertz CT molecular complexity index is 1340. The molecule has 0 spiro atoms. The van der Waals surface area contributed by atoms with Gasteiger partial charge in [0.2, 0.25) is 0 Å². The molecular weight excluding hydrogens is 526 g/mol. The van der Waals surface area contributed by atoms with Crippen LogP contribution in [0.2, 0.25) is 0 Å². The number of nitrogens with one attached hydrogen (secondary N) is 1. The number of hydrogen-bond acceptors (Lipinski definition) is 7. The maximum atomic E-state index is 13.4. The van der Waals surface area contributed by atoms with Crippen LogP contribution in [-0.2, 0) is 18.0 Å². The molecule has 4 rings (SSSR count). The Hall–Kier alpha value is -3.50. The van der Waals surface area contributed by atoms with E-state index in [4.69, 9.17) is 4.74 Å². The summed E-state index contributed by atoms with van der Waals surface area (Å²) >= 11 is -0.891. The third-order valence-corrected chi connectivity index (χ3v) is 7.04. The Morgan fingerprint density at radius 2 is 2.06 bits per heavy atom. The number of imidazole rings is 1. The number of anilines is 1. The molecule has 0 unspecified atom stereocenters. The van der Waals surface area contributed by atoms with Crippen LogP contribution >= 0.6 is 0 Å². The van der Waals surface area contributed by atoms with Crippen molar-refractivity contribution >= 4 is 36.8 Å². The van der Waals surface area contributed by atoms with Gasteiger partial charge in [-0.05, 0) is 0 Å². The molecule has 35 heavy (non-hydrogen) atoms. The van der Waals surface area contributed by atoms with Gasteiger partial charge in [-0.1, -0.05) is 0 Å². The third-order valence-electron chi connectivity index (χ3n) is 4.94. The summed E-state index contributed by atoms with van der Waals surface area (Å²) in [7, 11) is 3.25. The van der Waals surface area contributed by atoms with Gasteiger partial charge in [0.15, 0.2) is 0 Å². The number of aldehydes is 1. The van der Waals surface area contributed by atoms with Crippen molar-refractivity contribution in [3.8, 4) is 16.9 Å². The zero-order valence-electron chi connectivity index (χ0n) is 18.7. The van der Waals surface area contributed by atoms with Gasteiger partial charge in [-0.3, -0.25) is 0 Å². The molecule has 4 aromatic heterocycles. The third kappa shape index (κ3) is 5.60. The van der Waals surface area contributed by atoms with E-state index < -0.39 is 27.5 Å². The first-order chi connectivity index (χ1) is 16.8. The first kappa shape index (κ1) is 24.6. The Balaban J connectivity index is 1.64. The summed E-state index contributed by atoms with van der Waals surface area (Å²) in [6.45, 7) is 0.475. The zero-order valence-corrected chi connectivity index (χ0v) is 20.6. The summed E-state index contributed by atoms with van der Waals surface area (Å²) in [5, 5.41) is 6.90. The zero-order chi connectivity index (χ0) is 25.0. The number of alkyl halides is 3. The van der Waals surface area contributed by atoms with Crippen molar-refractivity contribution in [3.05, 3.63) is 60.4 Å². The van der Waals surface area contributed by atoms with Crippen molar-refractivity contribution in [2.75, 3.05) is 25.6 Å². The number of aryl methyl sites for hydroxylation is 1. The van der Waals surface area contributed by atoms with Gasteiger partial charge in [-0.25, -0.2) is 0 Å². The SMILES string of the molecule is COCCNc1cc([As]c2nccn2-c2ccc(-c3cnn(C)c3)c(C=O)n2)ncc1C(F)(F)F. The first-order valence-electron chi connectivity index (χ1n) is 10.3. The van der Waals surface area contributed by atoms with Crippen molar-refractivity contribution in [1.82, 2.24) is 29.3 Å². The van der Waals surface area contributed by atoms with Crippen molar-refractivity contribution < 1.29 is 22.7 Å². The molecule has 9 nitrogen and oxygen atoms in total. The van der Waals surface area contributed by atoms with Gasteiger partial charge in [0.05, 0.1) is 0 Å². The van der Waals surface area contributed by atoms with Crippen molar-refractivity contribution in [2.24, 2.45) is 7.05 Å². The molecule has 1 radical (unpaired) electrons. The maximum absolute atomic E-state index is 13.4. The molecule has 0 aliphatic heterocycles. The molecule has 0 saturated carbocycles. The van der Waals surface area contributed by atoms with Gasteiger partial charge in [0.25, 0.3) is 0 Å². The molecule has 0 amide bonds. The van der Waals surface area contributed by atoms with Gasteiger partial charge < -0.3 is 0 Å². The Kier molecular flexibility index (Phi) is 7.32. The predicted molar refractivity (Wildman–Crippen MR) is 124 cm³/mol. The van der Waals surface area contributed by atoms with Crippen molar-refractivity contribution in [1.29, 1.82) is 0 Å². The van der Waals surface area contributed by atoms with E-state index in [0.717, 1.165) is 11.8 Å². The number of nitrogens with zero attached hydrogens (tertiary/aromatic N) is 6. The summed E-state index contributed by atoms with van der Waals surface area (Å²) in [6, 6.07) is 4.92.